The van der Waals surface area contributed by atoms with E-state index in [-0.39, 0.29) is 11.3 Å². The summed E-state index contributed by atoms with van der Waals surface area (Å²) < 4.78 is 6.35. The van der Waals surface area contributed by atoms with Crippen molar-refractivity contribution in [1.29, 1.82) is 0 Å². The maximum Gasteiger partial charge on any atom is 0.253 e. The Morgan fingerprint density at radius 1 is 1.18 bits per heavy atom. The first-order valence-corrected chi connectivity index (χ1v) is 13.3. The molecular formula is C23H26N6O2S2. The Balaban J connectivity index is 1.06. The van der Waals surface area contributed by atoms with E-state index in [1.165, 1.54) is 0 Å². The zero-order valence-corrected chi connectivity index (χ0v) is 20.0. The minimum Gasteiger partial charge on any atom is -0.380 e. The van der Waals surface area contributed by atoms with Crippen molar-refractivity contribution in [3.05, 3.63) is 36.2 Å². The second-order valence-electron chi connectivity index (χ2n) is 9.30. The van der Waals surface area contributed by atoms with Crippen molar-refractivity contribution in [2.75, 3.05) is 43.2 Å². The number of thiazole rings is 1. The van der Waals surface area contributed by atoms with Gasteiger partial charge in [0.25, 0.3) is 5.91 Å². The van der Waals surface area contributed by atoms with Crippen LogP contribution in [-0.2, 0) is 4.74 Å². The van der Waals surface area contributed by atoms with Crippen LogP contribution in [0.5, 0.6) is 0 Å². The van der Waals surface area contributed by atoms with Gasteiger partial charge in [0.2, 0.25) is 5.95 Å². The van der Waals surface area contributed by atoms with E-state index in [1.54, 1.807) is 23.1 Å². The highest BCUT2D eigenvalue weighted by atomic mass is 32.2. The van der Waals surface area contributed by atoms with Crippen molar-refractivity contribution in [3.8, 4) is 0 Å². The number of nitrogens with one attached hydrogen (secondary N) is 2. The van der Waals surface area contributed by atoms with Crippen LogP contribution in [0.25, 0.3) is 10.2 Å². The highest BCUT2D eigenvalue weighted by molar-refractivity contribution is 7.98. The number of hydrogen-bond donors (Lipinski definition) is 2. The first kappa shape index (κ1) is 21.1. The normalized spacial score (nSPS) is 23.4. The van der Waals surface area contributed by atoms with Gasteiger partial charge in [-0.1, -0.05) is 11.3 Å². The molecule has 172 valence electrons. The summed E-state index contributed by atoms with van der Waals surface area (Å²) >= 11 is 3.26. The monoisotopic (exact) mass is 482 g/mol. The average molecular weight is 483 g/mol. The predicted molar refractivity (Wildman–Crippen MR) is 131 cm³/mol. The molecule has 1 amide bonds. The number of ether oxygens (including phenoxy) is 1. The number of likely N-dealkylation sites (tertiary alicyclic amines) is 1. The third kappa shape index (κ3) is 4.15. The Bertz CT molecular complexity index is 1170. The molecule has 0 bridgehead atoms. The van der Waals surface area contributed by atoms with E-state index in [0.29, 0.717) is 18.0 Å². The Kier molecular flexibility index (Phi) is 5.38. The number of hydrogen-bond acceptors (Lipinski definition) is 9. The lowest BCUT2D eigenvalue weighted by Crippen LogP contribution is -2.67. The van der Waals surface area contributed by atoms with Crippen LogP contribution < -0.4 is 10.6 Å². The number of thioether (sulfide) groups is 1. The number of nitrogens with zero attached hydrogens (tertiary/aromatic N) is 4. The van der Waals surface area contributed by atoms with Crippen molar-refractivity contribution in [2.45, 2.75) is 36.2 Å². The second-order valence-corrected chi connectivity index (χ2v) is 11.2. The third-order valence-electron chi connectivity index (χ3n) is 6.75. The fraction of sp³-hybridized carbons (Fsp3) is 0.478. The quantitative estimate of drug-likeness (QED) is 0.514. The van der Waals surface area contributed by atoms with Crippen LogP contribution in [0.3, 0.4) is 0 Å². The van der Waals surface area contributed by atoms with Crippen molar-refractivity contribution in [2.24, 2.45) is 5.41 Å². The highest BCUT2D eigenvalue weighted by Crippen LogP contribution is 2.38. The van der Waals surface area contributed by atoms with E-state index in [9.17, 15) is 4.79 Å². The molecule has 8 nitrogen and oxygen atoms in total. The van der Waals surface area contributed by atoms with Gasteiger partial charge in [0.05, 0.1) is 28.8 Å². The van der Waals surface area contributed by atoms with Gasteiger partial charge in [0.1, 0.15) is 0 Å². The standard InChI is InChI=1S/C23H26N6O2S2/c1-32-17-8-24-21(25-9-17)26-15-3-4-16(7-15)27-22-28-18-5-2-14(6-19(18)33-22)20(30)29-10-23(11-29)12-31-13-23/h2,5-6,8-9,15-16H,3-4,7,10-13H2,1H3,(H,27,28)(H,24,25,26)/t15-,16-/m0/s1. The van der Waals surface area contributed by atoms with Crippen LogP contribution in [-0.4, -0.2) is 70.4 Å². The Labute approximate surface area is 200 Å². The molecule has 1 saturated carbocycles. The zero-order chi connectivity index (χ0) is 22.4. The summed E-state index contributed by atoms with van der Waals surface area (Å²) in [6.45, 7) is 3.19. The number of carbonyl (C=O) groups is 1. The van der Waals surface area contributed by atoms with E-state index >= 15 is 0 Å². The minimum atomic E-state index is 0.106. The predicted octanol–water partition coefficient (Wildman–Crippen LogP) is 3.73. The summed E-state index contributed by atoms with van der Waals surface area (Å²) in [6.07, 6.45) is 8.86. The maximum atomic E-state index is 12.8. The van der Waals surface area contributed by atoms with Crippen LogP contribution in [0, 0.1) is 5.41 Å². The molecule has 4 heterocycles. The molecule has 2 N–H and O–H groups in total. The van der Waals surface area contributed by atoms with Crippen molar-refractivity contribution in [1.82, 2.24) is 19.9 Å². The molecule has 2 atom stereocenters. The minimum absolute atomic E-state index is 0.106. The molecule has 10 heteroatoms. The maximum absolute atomic E-state index is 12.8. The van der Waals surface area contributed by atoms with Gasteiger partial charge >= 0.3 is 0 Å². The molecule has 1 spiro atoms. The van der Waals surface area contributed by atoms with Gasteiger partial charge < -0.3 is 20.3 Å². The molecule has 2 aliphatic heterocycles. The van der Waals surface area contributed by atoms with Crippen molar-refractivity contribution >= 4 is 50.3 Å². The number of benzene rings is 1. The summed E-state index contributed by atoms with van der Waals surface area (Å²) in [7, 11) is 0. The van der Waals surface area contributed by atoms with E-state index in [0.717, 1.165) is 71.4 Å². The van der Waals surface area contributed by atoms with Crippen molar-refractivity contribution in [3.63, 3.8) is 0 Å². The largest absolute Gasteiger partial charge is 0.380 e. The van der Waals surface area contributed by atoms with Crippen LogP contribution in [0.1, 0.15) is 29.6 Å². The zero-order valence-electron chi connectivity index (χ0n) is 18.4. The first-order chi connectivity index (χ1) is 16.1. The van der Waals surface area contributed by atoms with Crippen LogP contribution >= 0.6 is 23.1 Å². The number of carbonyl (C=O) groups excluding carboxylic acids is 1. The van der Waals surface area contributed by atoms with Crippen LogP contribution in [0.4, 0.5) is 11.1 Å². The molecule has 2 aromatic heterocycles. The molecule has 0 unspecified atom stereocenters. The topological polar surface area (TPSA) is 92.3 Å². The fourth-order valence-corrected chi connectivity index (χ4v) is 6.18. The van der Waals surface area contributed by atoms with Crippen molar-refractivity contribution < 1.29 is 9.53 Å². The summed E-state index contributed by atoms with van der Waals surface area (Å²) in [5.41, 5.74) is 1.91. The Morgan fingerprint density at radius 3 is 2.64 bits per heavy atom. The first-order valence-electron chi connectivity index (χ1n) is 11.3. The molecular weight excluding hydrogens is 456 g/mol. The molecule has 3 aliphatic rings. The number of anilines is 2. The molecule has 33 heavy (non-hydrogen) atoms. The van der Waals surface area contributed by atoms with Gasteiger partial charge in [-0.15, -0.1) is 11.8 Å². The molecule has 1 aromatic carbocycles. The van der Waals surface area contributed by atoms with Gasteiger partial charge in [-0.2, -0.15) is 0 Å². The summed E-state index contributed by atoms with van der Waals surface area (Å²) in [6, 6.07) is 6.55. The molecule has 1 aliphatic carbocycles. The molecule has 3 fully saturated rings. The van der Waals surface area contributed by atoms with E-state index in [2.05, 4.69) is 20.6 Å². The average Bonchev–Trinajstić information content (AvgIpc) is 3.37. The molecule has 2 saturated heterocycles. The van der Waals surface area contributed by atoms with Gasteiger partial charge in [0.15, 0.2) is 5.13 Å². The lowest BCUT2D eigenvalue weighted by molar-refractivity contribution is -0.176. The van der Waals surface area contributed by atoms with Crippen LogP contribution in [0.2, 0.25) is 0 Å². The Morgan fingerprint density at radius 2 is 1.94 bits per heavy atom. The summed E-state index contributed by atoms with van der Waals surface area (Å²) in [5, 5.41) is 7.96. The number of aromatic nitrogens is 3. The third-order valence-corrected chi connectivity index (χ3v) is 8.38. The summed E-state index contributed by atoms with van der Waals surface area (Å²) in [4.78, 5) is 29.4. The lowest BCUT2D eigenvalue weighted by Gasteiger charge is -2.54. The smallest absolute Gasteiger partial charge is 0.253 e. The molecule has 3 aromatic rings. The number of rotatable bonds is 6. The number of amides is 1. The Hall–Kier alpha value is -2.43. The van der Waals surface area contributed by atoms with E-state index in [1.807, 2.05) is 41.7 Å². The fourth-order valence-electron chi connectivity index (χ4n) is 4.88. The van der Waals surface area contributed by atoms with Gasteiger partial charge in [0, 0.05) is 48.0 Å². The van der Waals surface area contributed by atoms with Crippen LogP contribution in [0.15, 0.2) is 35.5 Å². The SMILES string of the molecule is CSc1cnc(N[C@H]2CC[C@H](Nc3nc4ccc(C(=O)N5CC6(COC6)C5)cc4s3)C2)nc1. The van der Waals surface area contributed by atoms with Gasteiger partial charge in [-0.25, -0.2) is 15.0 Å². The number of fused-ring (bicyclic) bond motifs is 1. The van der Waals surface area contributed by atoms with Gasteiger partial charge in [-0.05, 0) is 43.7 Å². The molecule has 0 radical (unpaired) electrons. The lowest BCUT2D eigenvalue weighted by atomic mass is 9.78. The van der Waals surface area contributed by atoms with Gasteiger partial charge in [-0.3, -0.25) is 4.79 Å². The van der Waals surface area contributed by atoms with E-state index < -0.39 is 0 Å². The molecule has 6 rings (SSSR count). The highest BCUT2D eigenvalue weighted by Gasteiger charge is 2.50. The van der Waals surface area contributed by atoms with E-state index in [4.69, 9.17) is 9.72 Å². The summed E-state index contributed by atoms with van der Waals surface area (Å²) in [5.74, 6) is 0.795. The second kappa shape index (κ2) is 8.41.